The predicted octanol–water partition coefficient (Wildman–Crippen LogP) is 2.29. The maximum Gasteiger partial charge on any atom is 0.322 e. The third kappa shape index (κ3) is 3.75. The molecule has 8 nitrogen and oxygen atoms in total. The highest BCUT2D eigenvalue weighted by Crippen LogP contribution is 2.18. The fraction of sp³-hybridized carbons (Fsp3) is 0.222. The van der Waals surface area contributed by atoms with Gasteiger partial charge in [0.15, 0.2) is 0 Å². The minimum atomic E-state index is -0.806. The number of carbonyl (C=O) groups excluding carboxylic acids is 1. The van der Waals surface area contributed by atoms with Crippen molar-refractivity contribution in [3.8, 4) is 5.82 Å². The Morgan fingerprint density at radius 3 is 2.54 bits per heavy atom. The number of halogens is 2. The first-order chi connectivity index (χ1) is 13.6. The van der Waals surface area contributed by atoms with Crippen LogP contribution >= 0.6 is 0 Å². The average molecular weight is 385 g/mol. The first kappa shape index (κ1) is 17.8. The van der Waals surface area contributed by atoms with E-state index in [4.69, 9.17) is 0 Å². The molecule has 3 heterocycles. The molecule has 0 bridgehead atoms. The van der Waals surface area contributed by atoms with Crippen LogP contribution in [0, 0.1) is 11.6 Å². The summed E-state index contributed by atoms with van der Waals surface area (Å²) in [7, 11) is 0. The number of imidazole rings is 1. The summed E-state index contributed by atoms with van der Waals surface area (Å²) < 4.78 is 28.5. The van der Waals surface area contributed by atoms with E-state index in [1.165, 1.54) is 12.4 Å². The molecule has 10 heteroatoms. The summed E-state index contributed by atoms with van der Waals surface area (Å²) in [5.41, 5.74) is -0.0467. The van der Waals surface area contributed by atoms with Crippen molar-refractivity contribution in [3.05, 3.63) is 60.9 Å². The molecule has 0 unspecified atom stereocenters. The molecule has 0 spiro atoms. The van der Waals surface area contributed by atoms with E-state index in [0.717, 1.165) is 18.0 Å². The van der Waals surface area contributed by atoms with E-state index in [1.807, 2.05) is 11.0 Å². The van der Waals surface area contributed by atoms with Crippen LogP contribution in [0.5, 0.6) is 0 Å². The molecule has 1 fully saturated rings. The van der Waals surface area contributed by atoms with Crippen LogP contribution < -0.4 is 10.2 Å². The van der Waals surface area contributed by atoms with E-state index < -0.39 is 17.7 Å². The molecule has 28 heavy (non-hydrogen) atoms. The molecule has 1 aliphatic rings. The zero-order valence-electron chi connectivity index (χ0n) is 14.8. The number of piperazine rings is 1. The maximum absolute atomic E-state index is 13.7. The lowest BCUT2D eigenvalue weighted by Crippen LogP contribution is -2.50. The van der Waals surface area contributed by atoms with Gasteiger partial charge in [-0.05, 0) is 12.1 Å². The maximum atomic E-state index is 13.7. The van der Waals surface area contributed by atoms with E-state index in [9.17, 15) is 13.6 Å². The average Bonchev–Trinajstić information content (AvgIpc) is 3.25. The van der Waals surface area contributed by atoms with Crippen molar-refractivity contribution in [2.24, 2.45) is 0 Å². The number of rotatable bonds is 3. The summed E-state index contributed by atoms with van der Waals surface area (Å²) in [6, 6.07) is 4.47. The monoisotopic (exact) mass is 385 g/mol. The Bertz CT molecular complexity index is 972. The molecule has 4 rings (SSSR count). The lowest BCUT2D eigenvalue weighted by atomic mass is 10.3. The number of urea groups is 1. The smallest absolute Gasteiger partial charge is 0.322 e. The third-order valence-corrected chi connectivity index (χ3v) is 4.47. The third-order valence-electron chi connectivity index (χ3n) is 4.47. The van der Waals surface area contributed by atoms with Gasteiger partial charge in [0, 0.05) is 50.7 Å². The number of benzene rings is 1. The van der Waals surface area contributed by atoms with E-state index in [-0.39, 0.29) is 5.69 Å². The van der Waals surface area contributed by atoms with Gasteiger partial charge in [0.05, 0.1) is 5.69 Å². The number of nitrogens with zero attached hydrogens (tertiary/aromatic N) is 6. The molecule has 1 aliphatic heterocycles. The molecule has 0 saturated carbocycles. The van der Waals surface area contributed by atoms with E-state index in [2.05, 4.69) is 20.3 Å². The number of nitrogens with one attached hydrogen (secondary N) is 1. The second kappa shape index (κ2) is 7.59. The van der Waals surface area contributed by atoms with Crippen LogP contribution in [-0.2, 0) is 0 Å². The van der Waals surface area contributed by atoms with Gasteiger partial charge in [-0.3, -0.25) is 4.57 Å². The first-order valence-corrected chi connectivity index (χ1v) is 8.66. The number of hydrogen-bond donors (Lipinski definition) is 1. The quantitative estimate of drug-likeness (QED) is 0.748. The van der Waals surface area contributed by atoms with Crippen LogP contribution in [0.4, 0.5) is 25.1 Å². The SMILES string of the molecule is O=C(Nc1ccc(F)cc1F)N1CCN(c2cc(-n3ccnc3)ncn2)CC1. The number of amides is 2. The van der Waals surface area contributed by atoms with E-state index in [1.54, 1.807) is 28.2 Å². The van der Waals surface area contributed by atoms with Gasteiger partial charge in [-0.1, -0.05) is 0 Å². The summed E-state index contributed by atoms with van der Waals surface area (Å²) in [6.45, 7) is 2.03. The van der Waals surface area contributed by atoms with Crippen LogP contribution in [-0.4, -0.2) is 56.6 Å². The molecule has 3 aromatic rings. The second-order valence-electron chi connectivity index (χ2n) is 6.23. The fourth-order valence-electron chi connectivity index (χ4n) is 2.97. The van der Waals surface area contributed by atoms with E-state index >= 15 is 0 Å². The van der Waals surface area contributed by atoms with Crippen LogP contribution in [0.2, 0.25) is 0 Å². The van der Waals surface area contributed by atoms with Gasteiger partial charge in [-0.2, -0.15) is 0 Å². The van der Waals surface area contributed by atoms with Gasteiger partial charge in [-0.15, -0.1) is 0 Å². The Kier molecular flexibility index (Phi) is 4.83. The lowest BCUT2D eigenvalue weighted by molar-refractivity contribution is 0.208. The largest absolute Gasteiger partial charge is 0.353 e. The van der Waals surface area contributed by atoms with Crippen LogP contribution in [0.25, 0.3) is 5.82 Å². The Morgan fingerprint density at radius 2 is 1.82 bits per heavy atom. The first-order valence-electron chi connectivity index (χ1n) is 8.66. The zero-order chi connectivity index (χ0) is 19.5. The molecule has 0 radical (unpaired) electrons. The van der Waals surface area contributed by atoms with Crippen molar-refractivity contribution in [2.75, 3.05) is 36.4 Å². The van der Waals surface area contributed by atoms with Crippen LogP contribution in [0.3, 0.4) is 0 Å². The van der Waals surface area contributed by atoms with E-state index in [0.29, 0.717) is 32.0 Å². The Labute approximate surface area is 159 Å². The topological polar surface area (TPSA) is 79.2 Å². The molecule has 0 atom stereocenters. The Balaban J connectivity index is 1.38. The molecular weight excluding hydrogens is 368 g/mol. The number of anilines is 2. The summed E-state index contributed by atoms with van der Waals surface area (Å²) in [5, 5.41) is 2.48. The highest BCUT2D eigenvalue weighted by molar-refractivity contribution is 5.89. The van der Waals surface area contributed by atoms with Gasteiger partial charge in [0.1, 0.15) is 35.9 Å². The predicted molar refractivity (Wildman–Crippen MR) is 98.3 cm³/mol. The molecule has 0 aliphatic carbocycles. The van der Waals surface area contributed by atoms with Crippen molar-refractivity contribution >= 4 is 17.5 Å². The minimum absolute atomic E-state index is 0.0467. The van der Waals surface area contributed by atoms with Crippen molar-refractivity contribution in [2.45, 2.75) is 0 Å². The van der Waals surface area contributed by atoms with Gasteiger partial charge in [0.2, 0.25) is 0 Å². The number of hydrogen-bond acceptors (Lipinski definition) is 5. The highest BCUT2D eigenvalue weighted by Gasteiger charge is 2.23. The van der Waals surface area contributed by atoms with Crippen molar-refractivity contribution < 1.29 is 13.6 Å². The van der Waals surface area contributed by atoms with Crippen molar-refractivity contribution in [1.82, 2.24) is 24.4 Å². The summed E-state index contributed by atoms with van der Waals surface area (Å²) in [4.78, 5) is 28.5. The normalized spacial score (nSPS) is 14.2. The summed E-state index contributed by atoms with van der Waals surface area (Å²) in [5.74, 6) is -0.0400. The minimum Gasteiger partial charge on any atom is -0.353 e. The summed E-state index contributed by atoms with van der Waals surface area (Å²) >= 11 is 0. The molecule has 1 N–H and O–H groups in total. The standard InChI is InChI=1S/C18H17F2N7O/c19-13-1-2-15(14(20)9-13)24-18(28)26-7-5-25(6-8-26)16-10-17(23-11-22-16)27-4-3-21-12-27/h1-4,9-12H,5-8H2,(H,24,28). The molecular formula is C18H17F2N7O. The molecule has 1 saturated heterocycles. The lowest BCUT2D eigenvalue weighted by Gasteiger charge is -2.35. The Morgan fingerprint density at radius 1 is 1.04 bits per heavy atom. The van der Waals surface area contributed by atoms with Crippen LogP contribution in [0.1, 0.15) is 0 Å². The van der Waals surface area contributed by atoms with Crippen LogP contribution in [0.15, 0.2) is 49.3 Å². The molecule has 144 valence electrons. The van der Waals surface area contributed by atoms with Crippen molar-refractivity contribution in [3.63, 3.8) is 0 Å². The van der Waals surface area contributed by atoms with Gasteiger partial charge in [0.25, 0.3) is 0 Å². The zero-order valence-corrected chi connectivity index (χ0v) is 14.8. The van der Waals surface area contributed by atoms with Crippen molar-refractivity contribution in [1.29, 1.82) is 0 Å². The van der Waals surface area contributed by atoms with Gasteiger partial charge in [-0.25, -0.2) is 28.5 Å². The molecule has 2 amide bonds. The second-order valence-corrected chi connectivity index (χ2v) is 6.23. The van der Waals surface area contributed by atoms with Gasteiger partial charge < -0.3 is 15.1 Å². The highest BCUT2D eigenvalue weighted by atomic mass is 19.1. The Hall–Kier alpha value is -3.56. The fourth-order valence-corrected chi connectivity index (χ4v) is 2.97. The number of aromatic nitrogens is 4. The number of carbonyl (C=O) groups is 1. The summed E-state index contributed by atoms with van der Waals surface area (Å²) in [6.07, 6.45) is 6.61. The molecule has 1 aromatic carbocycles. The molecule has 2 aromatic heterocycles. The van der Waals surface area contributed by atoms with Gasteiger partial charge >= 0.3 is 6.03 Å².